The molecule has 2 amide bonds. The Morgan fingerprint density at radius 1 is 1.10 bits per heavy atom. The summed E-state index contributed by atoms with van der Waals surface area (Å²) >= 11 is 0. The van der Waals surface area contributed by atoms with Gasteiger partial charge in [-0.3, -0.25) is 19.7 Å². The van der Waals surface area contributed by atoms with Crippen LogP contribution in [0.15, 0.2) is 53.4 Å². The van der Waals surface area contributed by atoms with Crippen LogP contribution in [0.1, 0.15) is 25.1 Å². The van der Waals surface area contributed by atoms with Crippen LogP contribution >= 0.6 is 0 Å². The van der Waals surface area contributed by atoms with Gasteiger partial charge in [0.2, 0.25) is 22.3 Å². The molecule has 0 bridgehead atoms. The van der Waals surface area contributed by atoms with E-state index in [0.29, 0.717) is 31.9 Å². The zero-order chi connectivity index (χ0) is 30.3. The Bertz CT molecular complexity index is 1480. The van der Waals surface area contributed by atoms with Crippen molar-refractivity contribution in [3.63, 3.8) is 0 Å². The summed E-state index contributed by atoms with van der Waals surface area (Å²) < 4.78 is 41.1. The van der Waals surface area contributed by atoms with Crippen LogP contribution < -0.4 is 15.5 Å². The van der Waals surface area contributed by atoms with Gasteiger partial charge < -0.3 is 19.4 Å². The molecule has 0 aliphatic carbocycles. The molecule has 3 N–H and O–H groups in total. The van der Waals surface area contributed by atoms with Gasteiger partial charge in [0.05, 0.1) is 31.8 Å². The van der Waals surface area contributed by atoms with Crippen molar-refractivity contribution < 1.29 is 32.7 Å². The number of benzene rings is 2. The Balaban J connectivity index is 0.000000952. The number of rotatable bonds is 9. The predicted octanol–water partition coefficient (Wildman–Crippen LogP) is 1.75. The molecule has 0 saturated carbocycles. The number of nitrogens with one attached hydrogen (secondary N) is 2. The third kappa shape index (κ3) is 7.28. The lowest BCUT2D eigenvalue weighted by Gasteiger charge is -2.35. The van der Waals surface area contributed by atoms with E-state index in [9.17, 15) is 13.2 Å². The van der Waals surface area contributed by atoms with Crippen molar-refractivity contribution in [2.45, 2.75) is 43.8 Å². The molecule has 13 heteroatoms. The van der Waals surface area contributed by atoms with E-state index in [1.165, 1.54) is 9.79 Å². The van der Waals surface area contributed by atoms with Gasteiger partial charge in [-0.2, -0.15) is 4.31 Å². The molecular weight excluding hydrogens is 562 g/mol. The van der Waals surface area contributed by atoms with Crippen LogP contribution in [0.3, 0.4) is 0 Å². The second kappa shape index (κ2) is 13.7. The van der Waals surface area contributed by atoms with Crippen molar-refractivity contribution in [1.82, 2.24) is 24.6 Å². The van der Waals surface area contributed by atoms with Crippen LogP contribution in [0.2, 0.25) is 0 Å². The number of carbonyl (C=O) groups excluding carboxylic acids is 2. The summed E-state index contributed by atoms with van der Waals surface area (Å²) in [5.74, 6) is 0.509. The molecule has 2 aliphatic rings. The normalized spacial score (nSPS) is 16.2. The Hall–Kier alpha value is -3.49. The number of hydrogen-bond donors (Lipinski definition) is 3. The lowest BCUT2D eigenvalue weighted by molar-refractivity contribution is -0.123. The molecule has 2 aliphatic heterocycles. The van der Waals surface area contributed by atoms with Crippen molar-refractivity contribution in [3.8, 4) is 5.75 Å². The van der Waals surface area contributed by atoms with Crippen molar-refractivity contribution in [3.05, 3.63) is 59.8 Å². The Morgan fingerprint density at radius 3 is 2.40 bits per heavy atom. The first-order chi connectivity index (χ1) is 20.1. The summed E-state index contributed by atoms with van der Waals surface area (Å²) in [4.78, 5) is 24.7. The number of aromatic nitrogens is 1. The molecule has 2 aromatic carbocycles. The van der Waals surface area contributed by atoms with Gasteiger partial charge in [0.25, 0.3) is 0 Å². The average Bonchev–Trinajstić information content (AvgIpc) is 3.29. The molecule has 42 heavy (non-hydrogen) atoms. The first-order valence-electron chi connectivity index (χ1n) is 13.8. The Kier molecular flexibility index (Phi) is 10.2. The van der Waals surface area contributed by atoms with E-state index in [0.717, 1.165) is 41.8 Å². The van der Waals surface area contributed by atoms with Gasteiger partial charge >= 0.3 is 0 Å². The second-order valence-electron chi connectivity index (χ2n) is 10.9. The quantitative estimate of drug-likeness (QED) is 0.191. The number of amides is 2. The fraction of sp³-hybridized carbons (Fsp3) is 0.448. The number of ether oxygens (including phenoxy) is 2. The molecule has 5 rings (SSSR count). The Morgan fingerprint density at radius 2 is 1.76 bits per heavy atom. The first-order valence-corrected chi connectivity index (χ1v) is 15.2. The SMILES string of the molecule is COc1ccc(S(=O)(=O)N2CCc3c(n(CC(=O)NC(C)(C)CN4CCOCC4)c4ccccc34)C2)cc1.O=CNO. The fourth-order valence-corrected chi connectivity index (χ4v) is 6.97. The number of nitrogens with zero attached hydrogens (tertiary/aromatic N) is 3. The van der Waals surface area contributed by atoms with E-state index in [4.69, 9.17) is 19.5 Å². The second-order valence-corrected chi connectivity index (χ2v) is 12.8. The maximum Gasteiger partial charge on any atom is 0.243 e. The topological polar surface area (TPSA) is 142 Å². The van der Waals surface area contributed by atoms with Crippen LogP contribution in [-0.2, 0) is 43.9 Å². The number of para-hydroxylation sites is 1. The van der Waals surface area contributed by atoms with Gasteiger partial charge in [-0.05, 0) is 56.2 Å². The zero-order valence-electron chi connectivity index (χ0n) is 24.2. The maximum atomic E-state index is 13.5. The molecule has 228 valence electrons. The van der Waals surface area contributed by atoms with Gasteiger partial charge in [0, 0.05) is 48.3 Å². The lowest BCUT2D eigenvalue weighted by Crippen LogP contribution is -2.54. The van der Waals surface area contributed by atoms with Crippen molar-refractivity contribution in [2.24, 2.45) is 0 Å². The molecule has 0 radical (unpaired) electrons. The van der Waals surface area contributed by atoms with E-state index in [2.05, 4.69) is 16.3 Å². The van der Waals surface area contributed by atoms with Gasteiger partial charge in [0.15, 0.2) is 0 Å². The van der Waals surface area contributed by atoms with Crippen LogP contribution in [0.25, 0.3) is 10.9 Å². The molecule has 1 aromatic heterocycles. The number of hydrogen-bond acceptors (Lipinski definition) is 8. The summed E-state index contributed by atoms with van der Waals surface area (Å²) in [7, 11) is -2.16. The maximum absolute atomic E-state index is 13.5. The summed E-state index contributed by atoms with van der Waals surface area (Å²) in [5, 5.41) is 11.5. The van der Waals surface area contributed by atoms with E-state index in [1.54, 1.807) is 31.4 Å². The number of morpholine rings is 1. The number of fused-ring (bicyclic) bond motifs is 3. The van der Waals surface area contributed by atoms with Crippen molar-refractivity contribution in [1.29, 1.82) is 0 Å². The van der Waals surface area contributed by atoms with Crippen LogP contribution in [-0.4, -0.2) is 91.8 Å². The minimum atomic E-state index is -3.71. The highest BCUT2D eigenvalue weighted by atomic mass is 32.2. The molecular formula is C29H39N5O7S. The summed E-state index contributed by atoms with van der Waals surface area (Å²) in [5.41, 5.74) is 3.77. The third-order valence-corrected chi connectivity index (χ3v) is 9.24. The molecule has 0 spiro atoms. The van der Waals surface area contributed by atoms with E-state index < -0.39 is 15.6 Å². The van der Waals surface area contributed by atoms with E-state index in [-0.39, 0.29) is 30.3 Å². The minimum Gasteiger partial charge on any atom is -0.497 e. The highest BCUT2D eigenvalue weighted by Gasteiger charge is 2.33. The van der Waals surface area contributed by atoms with E-state index in [1.807, 2.05) is 36.6 Å². The minimum absolute atomic E-state index is 0.0954. The monoisotopic (exact) mass is 601 g/mol. The summed E-state index contributed by atoms with van der Waals surface area (Å²) in [6.07, 6.45) is 0.766. The standard InChI is InChI=1S/C28H36N4O5S.CH3NO2/c1-28(2,20-30-14-16-37-17-15-30)29-27(33)19-32-25-7-5-4-6-23(25)24-12-13-31(18-26(24)32)38(34,35)22-10-8-21(36-3)9-11-22;3-1-2-4/h4-11H,12-20H2,1-3H3,(H,29,33);1,4H,(H,2,3). The molecule has 0 atom stereocenters. The third-order valence-electron chi connectivity index (χ3n) is 7.38. The number of methoxy groups -OCH3 is 1. The number of hydroxylamine groups is 1. The van der Waals surface area contributed by atoms with Gasteiger partial charge in [-0.1, -0.05) is 18.2 Å². The fourth-order valence-electron chi connectivity index (χ4n) is 5.57. The molecule has 12 nitrogen and oxygen atoms in total. The molecule has 0 unspecified atom stereocenters. The zero-order valence-corrected chi connectivity index (χ0v) is 25.0. The molecule has 1 fully saturated rings. The van der Waals surface area contributed by atoms with E-state index >= 15 is 0 Å². The smallest absolute Gasteiger partial charge is 0.243 e. The van der Waals surface area contributed by atoms with Gasteiger partial charge in [-0.15, -0.1) is 0 Å². The highest BCUT2D eigenvalue weighted by molar-refractivity contribution is 7.89. The van der Waals surface area contributed by atoms with Crippen LogP contribution in [0.5, 0.6) is 5.75 Å². The highest BCUT2D eigenvalue weighted by Crippen LogP contribution is 2.33. The van der Waals surface area contributed by atoms with Crippen molar-refractivity contribution in [2.75, 3.05) is 46.5 Å². The Labute approximate surface area is 246 Å². The van der Waals surface area contributed by atoms with Gasteiger partial charge in [0.1, 0.15) is 12.3 Å². The van der Waals surface area contributed by atoms with Crippen LogP contribution in [0, 0.1) is 0 Å². The van der Waals surface area contributed by atoms with Crippen LogP contribution in [0.4, 0.5) is 0 Å². The molecule has 3 heterocycles. The predicted molar refractivity (Wildman–Crippen MR) is 157 cm³/mol. The number of sulfonamides is 1. The molecule has 1 saturated heterocycles. The summed E-state index contributed by atoms with van der Waals surface area (Å²) in [6, 6.07) is 14.5. The summed E-state index contributed by atoms with van der Waals surface area (Å²) in [6.45, 7) is 8.65. The van der Waals surface area contributed by atoms with Crippen molar-refractivity contribution >= 4 is 33.2 Å². The molecule has 3 aromatic rings. The number of carbonyl (C=O) groups is 2. The van der Waals surface area contributed by atoms with Gasteiger partial charge in [-0.25, -0.2) is 13.9 Å². The first kappa shape index (κ1) is 31.4. The largest absolute Gasteiger partial charge is 0.497 e. The lowest BCUT2D eigenvalue weighted by atomic mass is 10.0. The average molecular weight is 602 g/mol.